The normalized spacial score (nSPS) is 8.14. The van der Waals surface area contributed by atoms with E-state index in [0.717, 1.165) is 12.8 Å². The van der Waals surface area contributed by atoms with Crippen LogP contribution in [0.25, 0.3) is 0 Å². The summed E-state index contributed by atoms with van der Waals surface area (Å²) in [5.74, 6) is 0. The monoisotopic (exact) mass is 118 g/mol. The number of hydrogen-bond acceptors (Lipinski definition) is 1. The van der Waals surface area contributed by atoms with Crippen molar-refractivity contribution in [2.45, 2.75) is 26.2 Å². The van der Waals surface area contributed by atoms with Gasteiger partial charge in [0.2, 0.25) is 0 Å². The highest BCUT2D eigenvalue weighted by atomic mass is 32.1. The third kappa shape index (κ3) is 5.89. The zero-order valence-electron chi connectivity index (χ0n) is 4.52. The Bertz CT molecular complexity index is 74.1. The van der Waals surface area contributed by atoms with Crippen molar-refractivity contribution >= 4 is 16.6 Å². The van der Waals surface area contributed by atoms with Crippen LogP contribution in [-0.2, 0) is 11.3 Å². The molecule has 0 unspecified atom stereocenters. The smallest absolute Gasteiger partial charge is 0.0841 e. The first-order valence-corrected chi connectivity index (χ1v) is 3.32. The molecule has 0 rings (SSSR count). The molecule has 0 aromatic rings. The van der Waals surface area contributed by atoms with E-state index in [2.05, 4.69) is 6.92 Å². The Morgan fingerprint density at radius 1 is 1.71 bits per heavy atom. The van der Waals surface area contributed by atoms with E-state index in [0.29, 0.717) is 11.3 Å². The van der Waals surface area contributed by atoms with Gasteiger partial charge in [-0.3, -0.25) is 0 Å². The molecule has 0 spiro atoms. The van der Waals surface area contributed by atoms with Crippen LogP contribution in [0.1, 0.15) is 26.2 Å². The van der Waals surface area contributed by atoms with Gasteiger partial charge in [0.1, 0.15) is 0 Å². The molecule has 0 aliphatic rings. The molecule has 2 heteroatoms. The molecule has 0 atom stereocenters. The summed E-state index contributed by atoms with van der Waals surface area (Å²) in [6.45, 7) is 2.11. The zero-order chi connectivity index (χ0) is 5.54. The summed E-state index contributed by atoms with van der Waals surface area (Å²) >= 11 is 0.567. The van der Waals surface area contributed by atoms with Crippen LogP contribution in [0.2, 0.25) is 0 Å². The minimum Gasteiger partial charge on any atom is -0.213 e. The fourth-order valence-electron chi connectivity index (χ4n) is 0.336. The fraction of sp³-hybridized carbons (Fsp3) is 0.800. The first-order valence-electron chi connectivity index (χ1n) is 2.52. The van der Waals surface area contributed by atoms with Crippen LogP contribution in [0.15, 0.2) is 0 Å². The summed E-state index contributed by atoms with van der Waals surface area (Å²) in [5, 5.41) is 1.70. The Kier molecular flexibility index (Phi) is 5.80. The van der Waals surface area contributed by atoms with Crippen molar-refractivity contribution in [3.05, 3.63) is 0 Å². The first kappa shape index (κ1) is 6.89. The summed E-state index contributed by atoms with van der Waals surface area (Å²) in [4.78, 5) is 0. The summed E-state index contributed by atoms with van der Waals surface area (Å²) in [5.41, 5.74) is 0. The van der Waals surface area contributed by atoms with Crippen molar-refractivity contribution in [2.24, 2.45) is 0 Å². The van der Waals surface area contributed by atoms with E-state index in [9.17, 15) is 4.21 Å². The third-order valence-corrected chi connectivity index (χ3v) is 1.12. The Balaban J connectivity index is 2.83. The molecule has 0 saturated carbocycles. The fourth-order valence-corrected chi connectivity index (χ4v) is 0.598. The molecule has 0 aromatic carbocycles. The van der Waals surface area contributed by atoms with Gasteiger partial charge in [-0.05, 0) is 12.8 Å². The van der Waals surface area contributed by atoms with Gasteiger partial charge in [-0.1, -0.05) is 13.3 Å². The van der Waals surface area contributed by atoms with Crippen LogP contribution < -0.4 is 0 Å². The predicted molar refractivity (Wildman–Crippen MR) is 33.7 cm³/mol. The molecule has 0 fully saturated rings. The SMILES string of the molecule is CCCCC=S=O. The van der Waals surface area contributed by atoms with E-state index in [1.807, 2.05) is 0 Å². The first-order chi connectivity index (χ1) is 3.41. The molecule has 0 bridgehead atoms. The van der Waals surface area contributed by atoms with E-state index in [-0.39, 0.29) is 0 Å². The van der Waals surface area contributed by atoms with Gasteiger partial charge in [-0.15, -0.1) is 0 Å². The van der Waals surface area contributed by atoms with Gasteiger partial charge in [0.25, 0.3) is 0 Å². The third-order valence-electron chi connectivity index (χ3n) is 0.744. The van der Waals surface area contributed by atoms with Crippen LogP contribution in [0.5, 0.6) is 0 Å². The Morgan fingerprint density at radius 3 is 2.86 bits per heavy atom. The minimum atomic E-state index is 0.567. The van der Waals surface area contributed by atoms with Crippen molar-refractivity contribution in [1.82, 2.24) is 0 Å². The second-order valence-corrected chi connectivity index (χ2v) is 1.93. The Morgan fingerprint density at radius 2 is 2.43 bits per heavy atom. The van der Waals surface area contributed by atoms with Gasteiger partial charge in [-0.25, -0.2) is 4.21 Å². The van der Waals surface area contributed by atoms with Crippen LogP contribution in [0.3, 0.4) is 0 Å². The van der Waals surface area contributed by atoms with Crippen molar-refractivity contribution < 1.29 is 4.21 Å². The molecule has 0 radical (unpaired) electrons. The minimum absolute atomic E-state index is 0.567. The van der Waals surface area contributed by atoms with Gasteiger partial charge < -0.3 is 0 Å². The number of hydrogen-bond donors (Lipinski definition) is 0. The lowest BCUT2D eigenvalue weighted by molar-refractivity contribution is 0.701. The van der Waals surface area contributed by atoms with Gasteiger partial charge in [0, 0.05) is 5.37 Å². The summed E-state index contributed by atoms with van der Waals surface area (Å²) in [7, 11) is 0. The molecule has 0 amide bonds. The highest BCUT2D eigenvalue weighted by Gasteiger charge is 1.74. The Hall–Kier alpha value is -0.110. The van der Waals surface area contributed by atoms with Gasteiger partial charge in [-0.2, -0.15) is 0 Å². The van der Waals surface area contributed by atoms with Crippen LogP contribution in [0.4, 0.5) is 0 Å². The lowest BCUT2D eigenvalue weighted by Crippen LogP contribution is -1.71. The average molecular weight is 118 g/mol. The number of unbranched alkanes of at least 4 members (excludes halogenated alkanes) is 2. The van der Waals surface area contributed by atoms with Crippen molar-refractivity contribution in [3.8, 4) is 0 Å². The topological polar surface area (TPSA) is 17.1 Å². The van der Waals surface area contributed by atoms with Gasteiger partial charge in [0.05, 0.1) is 11.3 Å². The predicted octanol–water partition coefficient (Wildman–Crippen LogP) is 1.19. The van der Waals surface area contributed by atoms with Crippen LogP contribution in [0, 0.1) is 0 Å². The molecule has 0 heterocycles. The van der Waals surface area contributed by atoms with Gasteiger partial charge in [0.15, 0.2) is 0 Å². The molecule has 42 valence electrons. The van der Waals surface area contributed by atoms with Crippen LogP contribution >= 0.6 is 0 Å². The highest BCUT2D eigenvalue weighted by Crippen LogP contribution is 1.87. The van der Waals surface area contributed by atoms with E-state index >= 15 is 0 Å². The molecule has 0 saturated heterocycles. The molecule has 0 aliphatic heterocycles. The van der Waals surface area contributed by atoms with Crippen molar-refractivity contribution in [3.63, 3.8) is 0 Å². The molecule has 7 heavy (non-hydrogen) atoms. The quantitative estimate of drug-likeness (QED) is 0.402. The lowest BCUT2D eigenvalue weighted by Gasteiger charge is -1.80. The lowest BCUT2D eigenvalue weighted by atomic mass is 10.3. The zero-order valence-corrected chi connectivity index (χ0v) is 5.33. The standard InChI is InChI=1S/C5H10OS/c1-2-3-4-5-7-6/h5H,2-4H2,1H3. The van der Waals surface area contributed by atoms with Crippen molar-refractivity contribution in [1.29, 1.82) is 0 Å². The maximum absolute atomic E-state index is 9.67. The second-order valence-electron chi connectivity index (χ2n) is 1.41. The highest BCUT2D eigenvalue weighted by molar-refractivity contribution is 7.64. The average Bonchev–Trinajstić information content (AvgIpc) is 1.69. The Labute approximate surface area is 47.8 Å². The van der Waals surface area contributed by atoms with E-state index in [4.69, 9.17) is 0 Å². The van der Waals surface area contributed by atoms with Crippen molar-refractivity contribution in [2.75, 3.05) is 0 Å². The molecule has 0 N–H and O–H groups in total. The molecule has 1 nitrogen and oxygen atoms in total. The summed E-state index contributed by atoms with van der Waals surface area (Å²) < 4.78 is 9.67. The van der Waals surface area contributed by atoms with Gasteiger partial charge >= 0.3 is 0 Å². The van der Waals surface area contributed by atoms with E-state index in [1.165, 1.54) is 6.42 Å². The molecular weight excluding hydrogens is 108 g/mol. The summed E-state index contributed by atoms with van der Waals surface area (Å²) in [6, 6.07) is 0. The summed E-state index contributed by atoms with van der Waals surface area (Å²) in [6.07, 6.45) is 3.29. The molecule has 0 aliphatic carbocycles. The van der Waals surface area contributed by atoms with E-state index in [1.54, 1.807) is 5.37 Å². The largest absolute Gasteiger partial charge is 0.213 e. The molecular formula is C5H10OS. The molecule has 0 aromatic heterocycles. The van der Waals surface area contributed by atoms with E-state index < -0.39 is 0 Å². The maximum Gasteiger partial charge on any atom is 0.0841 e. The van der Waals surface area contributed by atoms with Crippen LogP contribution in [-0.4, -0.2) is 9.58 Å². The number of rotatable bonds is 3. The maximum atomic E-state index is 9.67. The second kappa shape index (κ2) is 5.89.